The molecule has 3 rings (SSSR count). The van der Waals surface area contributed by atoms with Crippen LogP contribution >= 0.6 is 0 Å². The Morgan fingerprint density at radius 1 is 0.921 bits per heavy atom. The number of methoxy groups -OCH3 is 1. The molecular weight excluding hydrogens is 495 g/mol. The minimum absolute atomic E-state index is 0.130. The van der Waals surface area contributed by atoms with Crippen LogP contribution < -0.4 is 0 Å². The number of aromatic amines is 1. The van der Waals surface area contributed by atoms with Crippen LogP contribution in [0.1, 0.15) is 43.9 Å². The van der Waals surface area contributed by atoms with Crippen molar-refractivity contribution in [3.05, 3.63) is 71.4 Å². The van der Waals surface area contributed by atoms with Gasteiger partial charge in [-0.2, -0.15) is 13.2 Å². The molecule has 0 saturated heterocycles. The van der Waals surface area contributed by atoms with E-state index >= 15 is 0 Å². The first-order chi connectivity index (χ1) is 17.9. The average Bonchev–Trinajstić information content (AvgIpc) is 3.26. The molecule has 0 unspecified atom stereocenters. The SMILES string of the molecule is COCCN(CC(=O)N(CCc1c[nH]c2ccccc12)Cc1ccc(C(F)(F)F)cc1)C(=O)CC(C)(C)C. The van der Waals surface area contributed by atoms with E-state index in [9.17, 15) is 22.8 Å². The fourth-order valence-corrected chi connectivity index (χ4v) is 4.23. The van der Waals surface area contributed by atoms with Crippen molar-refractivity contribution in [3.8, 4) is 0 Å². The number of nitrogens with zero attached hydrogens (tertiary/aromatic N) is 2. The van der Waals surface area contributed by atoms with Crippen molar-refractivity contribution in [1.82, 2.24) is 14.8 Å². The fraction of sp³-hybridized carbons (Fsp3) is 0.448. The Morgan fingerprint density at radius 2 is 1.61 bits per heavy atom. The summed E-state index contributed by atoms with van der Waals surface area (Å²) < 4.78 is 44.3. The van der Waals surface area contributed by atoms with Gasteiger partial charge in [0.15, 0.2) is 0 Å². The number of benzene rings is 2. The van der Waals surface area contributed by atoms with Crippen molar-refractivity contribution in [3.63, 3.8) is 0 Å². The van der Waals surface area contributed by atoms with Crippen LogP contribution in [-0.2, 0) is 33.5 Å². The van der Waals surface area contributed by atoms with E-state index in [2.05, 4.69) is 4.98 Å². The fourth-order valence-electron chi connectivity index (χ4n) is 4.23. The smallest absolute Gasteiger partial charge is 0.383 e. The first-order valence-corrected chi connectivity index (χ1v) is 12.6. The zero-order valence-corrected chi connectivity index (χ0v) is 22.4. The second kappa shape index (κ2) is 12.5. The maximum absolute atomic E-state index is 13.5. The molecule has 38 heavy (non-hydrogen) atoms. The number of rotatable bonds is 11. The van der Waals surface area contributed by atoms with E-state index in [0.717, 1.165) is 28.6 Å². The predicted octanol–water partition coefficient (Wildman–Crippen LogP) is 5.67. The lowest BCUT2D eigenvalue weighted by Crippen LogP contribution is -2.45. The lowest BCUT2D eigenvalue weighted by Gasteiger charge is -2.29. The summed E-state index contributed by atoms with van der Waals surface area (Å²) in [4.78, 5) is 32.9. The van der Waals surface area contributed by atoms with Crippen molar-refractivity contribution < 1.29 is 27.5 Å². The van der Waals surface area contributed by atoms with Crippen LogP contribution in [0.2, 0.25) is 0 Å². The summed E-state index contributed by atoms with van der Waals surface area (Å²) in [5.74, 6) is -0.419. The Balaban J connectivity index is 1.81. The largest absolute Gasteiger partial charge is 0.416 e. The number of aromatic nitrogens is 1. The minimum Gasteiger partial charge on any atom is -0.383 e. The number of carbonyl (C=O) groups is 2. The van der Waals surface area contributed by atoms with E-state index in [1.165, 1.54) is 24.1 Å². The molecule has 1 aromatic heterocycles. The number of hydrogen-bond donors (Lipinski definition) is 1. The standard InChI is InChI=1S/C29H36F3N3O3/c1-28(2,3)17-26(36)35(15-16-38-4)20-27(37)34(19-21-9-11-23(12-10-21)29(30,31)32)14-13-22-18-33-25-8-6-5-7-24(22)25/h5-12,18,33H,13-17,19-20H2,1-4H3. The molecule has 0 atom stereocenters. The van der Waals surface area contributed by atoms with Crippen molar-refractivity contribution in [2.24, 2.45) is 5.41 Å². The van der Waals surface area contributed by atoms with E-state index in [4.69, 9.17) is 4.74 Å². The Hall–Kier alpha value is -3.33. The molecule has 3 aromatic rings. The van der Waals surface area contributed by atoms with Gasteiger partial charge in [-0.25, -0.2) is 0 Å². The van der Waals surface area contributed by atoms with Crippen LogP contribution in [0.15, 0.2) is 54.7 Å². The molecule has 1 N–H and O–H groups in total. The molecule has 1 heterocycles. The highest BCUT2D eigenvalue weighted by Gasteiger charge is 2.30. The Kier molecular flexibility index (Phi) is 9.60. The number of alkyl halides is 3. The van der Waals surface area contributed by atoms with Gasteiger partial charge in [0.25, 0.3) is 0 Å². The van der Waals surface area contributed by atoms with Crippen LogP contribution in [-0.4, -0.2) is 59.9 Å². The predicted molar refractivity (Wildman–Crippen MR) is 141 cm³/mol. The normalized spacial score (nSPS) is 12.1. The summed E-state index contributed by atoms with van der Waals surface area (Å²) in [6.45, 7) is 6.77. The number of H-pyrrole nitrogens is 1. The molecule has 2 amide bonds. The van der Waals surface area contributed by atoms with Gasteiger partial charge < -0.3 is 19.5 Å². The van der Waals surface area contributed by atoms with E-state index in [1.807, 2.05) is 51.2 Å². The topological polar surface area (TPSA) is 65.6 Å². The third-order valence-corrected chi connectivity index (χ3v) is 6.26. The summed E-state index contributed by atoms with van der Waals surface area (Å²) in [7, 11) is 1.53. The highest BCUT2D eigenvalue weighted by molar-refractivity contribution is 5.85. The Labute approximate surface area is 221 Å². The van der Waals surface area contributed by atoms with Gasteiger partial charge in [-0.3, -0.25) is 9.59 Å². The molecule has 0 aliphatic carbocycles. The summed E-state index contributed by atoms with van der Waals surface area (Å²) in [6.07, 6.45) is -1.70. The number of nitrogens with one attached hydrogen (secondary N) is 1. The molecule has 206 valence electrons. The molecule has 2 aromatic carbocycles. The third-order valence-electron chi connectivity index (χ3n) is 6.26. The summed E-state index contributed by atoms with van der Waals surface area (Å²) >= 11 is 0. The highest BCUT2D eigenvalue weighted by Crippen LogP contribution is 2.29. The molecule has 0 bridgehead atoms. The quantitative estimate of drug-likeness (QED) is 0.347. The van der Waals surface area contributed by atoms with Crippen LogP contribution in [0, 0.1) is 5.41 Å². The number of halogens is 3. The van der Waals surface area contributed by atoms with Crippen LogP contribution in [0.3, 0.4) is 0 Å². The number of hydrogen-bond acceptors (Lipinski definition) is 3. The molecule has 0 spiro atoms. The maximum atomic E-state index is 13.5. The van der Waals surface area contributed by atoms with E-state index in [1.54, 1.807) is 4.90 Å². The van der Waals surface area contributed by atoms with Crippen LogP contribution in [0.5, 0.6) is 0 Å². The highest BCUT2D eigenvalue weighted by atomic mass is 19.4. The van der Waals surface area contributed by atoms with Gasteiger partial charge in [-0.15, -0.1) is 0 Å². The van der Waals surface area contributed by atoms with Crippen LogP contribution in [0.25, 0.3) is 10.9 Å². The number of para-hydroxylation sites is 1. The van der Waals surface area contributed by atoms with Crippen LogP contribution in [0.4, 0.5) is 13.2 Å². The molecule has 0 aliphatic heterocycles. The molecule has 0 aliphatic rings. The summed E-state index contributed by atoms with van der Waals surface area (Å²) in [5, 5.41) is 1.05. The number of carbonyl (C=O) groups excluding carboxylic acids is 2. The van der Waals surface area contributed by atoms with E-state index < -0.39 is 11.7 Å². The van der Waals surface area contributed by atoms with E-state index in [-0.39, 0.29) is 49.9 Å². The number of amides is 2. The van der Waals surface area contributed by atoms with Crippen molar-refractivity contribution in [2.75, 3.05) is 33.4 Å². The van der Waals surface area contributed by atoms with Gasteiger partial charge in [0.05, 0.1) is 18.7 Å². The first kappa shape index (κ1) is 29.2. The van der Waals surface area contributed by atoms with Crippen molar-refractivity contribution in [2.45, 2.75) is 46.3 Å². The second-order valence-electron chi connectivity index (χ2n) is 10.7. The maximum Gasteiger partial charge on any atom is 0.416 e. The average molecular weight is 532 g/mol. The Morgan fingerprint density at radius 3 is 2.24 bits per heavy atom. The first-order valence-electron chi connectivity index (χ1n) is 12.6. The van der Waals surface area contributed by atoms with Gasteiger partial charge in [0.2, 0.25) is 11.8 Å². The summed E-state index contributed by atoms with van der Waals surface area (Å²) in [6, 6.07) is 12.7. The summed E-state index contributed by atoms with van der Waals surface area (Å²) in [5.41, 5.74) is 1.61. The van der Waals surface area contributed by atoms with Gasteiger partial charge in [-0.05, 0) is 41.2 Å². The molecule has 0 saturated carbocycles. The third kappa shape index (κ3) is 8.34. The zero-order chi connectivity index (χ0) is 27.9. The molecule has 9 heteroatoms. The molecular formula is C29H36F3N3O3. The van der Waals surface area contributed by atoms with Gasteiger partial charge in [0, 0.05) is 50.3 Å². The second-order valence-corrected chi connectivity index (χ2v) is 10.7. The molecule has 6 nitrogen and oxygen atoms in total. The van der Waals surface area contributed by atoms with E-state index in [0.29, 0.717) is 18.5 Å². The number of fused-ring (bicyclic) bond motifs is 1. The van der Waals surface area contributed by atoms with Gasteiger partial charge >= 0.3 is 6.18 Å². The lowest BCUT2D eigenvalue weighted by molar-refractivity contribution is -0.142. The zero-order valence-electron chi connectivity index (χ0n) is 22.4. The van der Waals surface area contributed by atoms with Gasteiger partial charge in [0.1, 0.15) is 0 Å². The Bertz CT molecular complexity index is 1210. The monoisotopic (exact) mass is 531 g/mol. The minimum atomic E-state index is -4.43. The lowest BCUT2D eigenvalue weighted by atomic mass is 9.91. The molecule has 0 radical (unpaired) electrons. The number of ether oxygens (including phenoxy) is 1. The van der Waals surface area contributed by atoms with Crippen molar-refractivity contribution in [1.29, 1.82) is 0 Å². The van der Waals surface area contributed by atoms with Gasteiger partial charge in [-0.1, -0.05) is 51.1 Å². The molecule has 0 fully saturated rings. The van der Waals surface area contributed by atoms with Crippen molar-refractivity contribution >= 4 is 22.7 Å².